The Morgan fingerprint density at radius 2 is 1.43 bits per heavy atom. The van der Waals surface area contributed by atoms with Gasteiger partial charge in [0.05, 0.1) is 5.57 Å². The Kier molecular flexibility index (Phi) is 12.7. The van der Waals surface area contributed by atoms with E-state index in [-0.39, 0.29) is 24.0 Å². The van der Waals surface area contributed by atoms with E-state index in [0.717, 1.165) is 16.8 Å². The fourth-order valence-electron chi connectivity index (χ4n) is 7.48. The number of anilines is 1. The third-order valence-corrected chi connectivity index (χ3v) is 10.3. The van der Waals surface area contributed by atoms with Gasteiger partial charge in [0.25, 0.3) is 5.91 Å². The molecule has 0 spiro atoms. The molecule has 2 N–H and O–H groups in total. The molecule has 0 saturated heterocycles. The zero-order chi connectivity index (χ0) is 37.8. The molecule has 1 amide bonds. The van der Waals surface area contributed by atoms with Crippen LogP contribution in [0.25, 0.3) is 0 Å². The lowest BCUT2D eigenvalue weighted by molar-refractivity contribution is -0.161. The monoisotopic (exact) mass is 720 g/mol. The van der Waals surface area contributed by atoms with Crippen molar-refractivity contribution in [2.24, 2.45) is 0 Å². The van der Waals surface area contributed by atoms with Crippen molar-refractivity contribution < 1.29 is 24.2 Å². The summed E-state index contributed by atoms with van der Waals surface area (Å²) in [6.45, 7) is 3.76. The van der Waals surface area contributed by atoms with E-state index < -0.39 is 11.6 Å². The molecule has 5 aromatic carbocycles. The average molecular weight is 721 g/mol. The number of esters is 1. The first-order chi connectivity index (χ1) is 26.4. The van der Waals surface area contributed by atoms with Gasteiger partial charge in [-0.05, 0) is 72.6 Å². The maximum atomic E-state index is 14.1. The number of aryl methyl sites for hydroxylation is 1. The van der Waals surface area contributed by atoms with Crippen LogP contribution in [0, 0.1) is 0 Å². The van der Waals surface area contributed by atoms with Gasteiger partial charge < -0.3 is 20.1 Å². The number of carbonyl (C=O) groups is 3. The number of nitrogens with zero attached hydrogens (tertiary/aromatic N) is 1. The number of carbonyl (C=O) groups excluding carboxylic acids is 3. The molecule has 7 nitrogen and oxygen atoms in total. The Balaban J connectivity index is 1.23. The second-order valence-electron chi connectivity index (χ2n) is 14.0. The van der Waals surface area contributed by atoms with E-state index in [1.165, 1.54) is 11.1 Å². The normalized spacial score (nSPS) is 16.0. The predicted octanol–water partition coefficient (Wildman–Crippen LogP) is 9.54. The Morgan fingerprint density at radius 3 is 2.04 bits per heavy atom. The van der Waals surface area contributed by atoms with E-state index in [1.807, 2.05) is 61.5 Å². The van der Waals surface area contributed by atoms with E-state index >= 15 is 0 Å². The second-order valence-corrected chi connectivity index (χ2v) is 14.0. The summed E-state index contributed by atoms with van der Waals surface area (Å²) in [7, 11) is 0. The molecule has 1 aliphatic rings. The minimum atomic E-state index is -0.950. The van der Waals surface area contributed by atoms with Crippen LogP contribution in [0.1, 0.15) is 87.9 Å². The van der Waals surface area contributed by atoms with Crippen molar-refractivity contribution in [2.75, 3.05) is 11.4 Å². The van der Waals surface area contributed by atoms with Gasteiger partial charge in [-0.1, -0.05) is 128 Å². The summed E-state index contributed by atoms with van der Waals surface area (Å²) in [5.41, 5.74) is 5.47. The SMILES string of the molecule is CC[C@@H](C1=C(O)C[C@@](CCCNC(=O)c2ccccc2C=O)(CCc2ccccc2)OC1=O)c1cccc(N(Cc2ccccc2)Cc2ccccc2)c1. The van der Waals surface area contributed by atoms with Crippen LogP contribution in [-0.2, 0) is 29.0 Å². The molecule has 0 fully saturated rings. The van der Waals surface area contributed by atoms with Gasteiger partial charge in [-0.2, -0.15) is 0 Å². The summed E-state index contributed by atoms with van der Waals surface area (Å²) in [4.78, 5) is 40.9. The molecule has 7 heteroatoms. The van der Waals surface area contributed by atoms with Crippen LogP contribution >= 0.6 is 0 Å². The van der Waals surface area contributed by atoms with E-state index in [1.54, 1.807) is 24.3 Å². The van der Waals surface area contributed by atoms with Crippen LogP contribution in [0.4, 0.5) is 5.69 Å². The molecule has 0 aliphatic carbocycles. The van der Waals surface area contributed by atoms with E-state index in [2.05, 4.69) is 70.9 Å². The molecule has 0 bridgehead atoms. The first kappa shape index (κ1) is 37.8. The first-order valence-corrected chi connectivity index (χ1v) is 18.8. The molecule has 2 atom stereocenters. The van der Waals surface area contributed by atoms with Crippen molar-refractivity contribution in [3.05, 3.63) is 184 Å². The molecule has 0 aromatic heterocycles. The predicted molar refractivity (Wildman–Crippen MR) is 213 cm³/mol. The Bertz CT molecular complexity index is 2010. The largest absolute Gasteiger partial charge is 0.512 e. The number of rotatable bonds is 17. The number of cyclic esters (lactones) is 1. The molecule has 0 radical (unpaired) electrons. The Hall–Kier alpha value is -5.95. The fourth-order valence-corrected chi connectivity index (χ4v) is 7.48. The number of hydrogen-bond donors (Lipinski definition) is 2. The highest BCUT2D eigenvalue weighted by atomic mass is 16.6. The molecule has 1 aliphatic heterocycles. The van der Waals surface area contributed by atoms with Crippen LogP contribution in [0.3, 0.4) is 0 Å². The van der Waals surface area contributed by atoms with Gasteiger partial charge >= 0.3 is 5.97 Å². The standard InChI is InChI=1S/C47H48N2O5/c1-2-41(38-23-14-24-40(30-38)49(32-36-18-8-4-9-19-36)33-37-20-10-5-11-21-37)44-43(51)31-47(54-46(44)53,28-26-35-16-6-3-7-17-35)27-15-29-48-45(52)42-25-13-12-22-39(42)34-50/h3-14,16-25,30,34,41,51H,2,15,26-29,31-33H2,1H3,(H,48,52)/t41-,47-/m1/s1. The van der Waals surface area contributed by atoms with Gasteiger partial charge in [0.1, 0.15) is 11.4 Å². The zero-order valence-electron chi connectivity index (χ0n) is 30.8. The third kappa shape index (κ3) is 9.53. The van der Waals surface area contributed by atoms with Crippen molar-refractivity contribution in [1.82, 2.24) is 5.32 Å². The van der Waals surface area contributed by atoms with Gasteiger partial charge in [-0.15, -0.1) is 0 Å². The summed E-state index contributed by atoms with van der Waals surface area (Å²) < 4.78 is 6.42. The van der Waals surface area contributed by atoms with Gasteiger partial charge in [-0.25, -0.2) is 4.79 Å². The number of nitrogens with one attached hydrogen (secondary N) is 1. The van der Waals surface area contributed by atoms with E-state index in [0.29, 0.717) is 74.7 Å². The molecule has 54 heavy (non-hydrogen) atoms. The second kappa shape index (κ2) is 18.2. The van der Waals surface area contributed by atoms with Crippen molar-refractivity contribution >= 4 is 23.9 Å². The molecule has 1 heterocycles. The van der Waals surface area contributed by atoms with Gasteiger partial charge in [0, 0.05) is 48.8 Å². The summed E-state index contributed by atoms with van der Waals surface area (Å²) in [6, 6.07) is 45.7. The lowest BCUT2D eigenvalue weighted by atomic mass is 9.79. The number of aldehydes is 1. The van der Waals surface area contributed by atoms with Crippen LogP contribution in [0.5, 0.6) is 0 Å². The number of ether oxygens (including phenoxy) is 1. The highest BCUT2D eigenvalue weighted by Gasteiger charge is 2.43. The summed E-state index contributed by atoms with van der Waals surface area (Å²) in [6.07, 6.45) is 3.59. The Labute approximate surface area is 318 Å². The number of aliphatic hydroxyl groups is 1. The smallest absolute Gasteiger partial charge is 0.338 e. The molecular weight excluding hydrogens is 673 g/mol. The first-order valence-electron chi connectivity index (χ1n) is 18.8. The van der Waals surface area contributed by atoms with Crippen molar-refractivity contribution in [3.8, 4) is 0 Å². The minimum Gasteiger partial charge on any atom is -0.512 e. The van der Waals surface area contributed by atoms with Crippen LogP contribution in [0.15, 0.2) is 151 Å². The maximum absolute atomic E-state index is 14.1. The lowest BCUT2D eigenvalue weighted by Crippen LogP contribution is -2.42. The van der Waals surface area contributed by atoms with Crippen LogP contribution in [0.2, 0.25) is 0 Å². The van der Waals surface area contributed by atoms with Crippen LogP contribution in [-0.4, -0.2) is 35.4 Å². The summed E-state index contributed by atoms with van der Waals surface area (Å²) in [5.74, 6) is -1.14. The quantitative estimate of drug-likeness (QED) is 0.0565. The lowest BCUT2D eigenvalue weighted by Gasteiger charge is -2.39. The summed E-state index contributed by atoms with van der Waals surface area (Å²) in [5, 5.41) is 14.7. The highest BCUT2D eigenvalue weighted by molar-refractivity contribution is 6.01. The van der Waals surface area contributed by atoms with Crippen molar-refractivity contribution in [2.45, 2.75) is 70.1 Å². The number of aliphatic hydroxyl groups excluding tert-OH is 1. The minimum absolute atomic E-state index is 0.0611. The molecule has 0 unspecified atom stereocenters. The molecule has 5 aromatic rings. The zero-order valence-corrected chi connectivity index (χ0v) is 30.8. The van der Waals surface area contributed by atoms with Gasteiger partial charge in [-0.3, -0.25) is 9.59 Å². The van der Waals surface area contributed by atoms with Gasteiger partial charge in [0.2, 0.25) is 0 Å². The van der Waals surface area contributed by atoms with Crippen molar-refractivity contribution in [1.29, 1.82) is 0 Å². The number of benzene rings is 5. The number of hydrogen-bond acceptors (Lipinski definition) is 6. The highest BCUT2D eigenvalue weighted by Crippen LogP contribution is 2.42. The Morgan fingerprint density at radius 1 is 0.815 bits per heavy atom. The molecule has 276 valence electrons. The fraction of sp³-hybridized carbons (Fsp3) is 0.255. The molecule has 6 rings (SSSR count). The third-order valence-electron chi connectivity index (χ3n) is 10.3. The van der Waals surface area contributed by atoms with E-state index in [4.69, 9.17) is 4.74 Å². The van der Waals surface area contributed by atoms with Crippen molar-refractivity contribution in [3.63, 3.8) is 0 Å². The van der Waals surface area contributed by atoms with E-state index in [9.17, 15) is 19.5 Å². The van der Waals surface area contributed by atoms with Crippen LogP contribution < -0.4 is 10.2 Å². The topological polar surface area (TPSA) is 95.9 Å². The van der Waals surface area contributed by atoms with Gasteiger partial charge in [0.15, 0.2) is 6.29 Å². The maximum Gasteiger partial charge on any atom is 0.338 e. The molecular formula is C47H48N2O5. The molecule has 0 saturated carbocycles. The summed E-state index contributed by atoms with van der Waals surface area (Å²) >= 11 is 0. The number of amides is 1. The average Bonchev–Trinajstić information content (AvgIpc) is 3.21.